The van der Waals surface area contributed by atoms with Crippen LogP contribution in [0.3, 0.4) is 0 Å². The molecule has 1 N–H and O–H groups in total. The molecule has 5 nitrogen and oxygen atoms in total. The van der Waals surface area contributed by atoms with Crippen LogP contribution in [0.2, 0.25) is 0 Å². The van der Waals surface area contributed by atoms with Crippen molar-refractivity contribution in [3.05, 3.63) is 81.5 Å². The summed E-state index contributed by atoms with van der Waals surface area (Å²) in [6.45, 7) is 0.688. The van der Waals surface area contributed by atoms with Gasteiger partial charge in [-0.2, -0.15) is 5.10 Å². The first-order valence-electron chi connectivity index (χ1n) is 8.29. The summed E-state index contributed by atoms with van der Waals surface area (Å²) >= 11 is 2.24. The number of nitrogens with zero attached hydrogens (tertiary/aromatic N) is 4. The van der Waals surface area contributed by atoms with Crippen LogP contribution in [0.15, 0.2) is 55.1 Å². The normalized spacial score (nSPS) is 13.2. The number of halogens is 4. The quantitative estimate of drug-likeness (QED) is 0.444. The Balaban J connectivity index is 0.00000280. The molecule has 3 aromatic rings. The summed E-state index contributed by atoms with van der Waals surface area (Å²) in [5.41, 5.74) is -0.516. The molecule has 0 saturated heterocycles. The van der Waals surface area contributed by atoms with Crippen LogP contribution in [0, 0.1) is 15.2 Å². The van der Waals surface area contributed by atoms with Crippen molar-refractivity contribution in [1.29, 1.82) is 0 Å². The van der Waals surface area contributed by atoms with E-state index in [-0.39, 0.29) is 35.6 Å². The van der Waals surface area contributed by atoms with E-state index in [0.717, 1.165) is 21.3 Å². The zero-order valence-corrected chi connectivity index (χ0v) is 19.0. The SMILES string of the molecule is Br.CN(Cc1ccc(I)cc1)C[C@@](O)(Cn1cncn1)c1ccc(F)cc1F. The van der Waals surface area contributed by atoms with Crippen LogP contribution in [0.4, 0.5) is 8.78 Å². The van der Waals surface area contributed by atoms with Gasteiger partial charge in [-0.05, 0) is 53.4 Å². The van der Waals surface area contributed by atoms with E-state index in [0.29, 0.717) is 6.54 Å². The van der Waals surface area contributed by atoms with Crippen molar-refractivity contribution in [3.63, 3.8) is 0 Å². The van der Waals surface area contributed by atoms with Crippen LogP contribution in [-0.2, 0) is 18.7 Å². The number of aromatic nitrogens is 3. The predicted octanol–water partition coefficient (Wildman–Crippen LogP) is 3.76. The standard InChI is InChI=1S/C19H19F2IN4O.BrH/c1-25(9-14-2-5-16(22)6-3-14)10-19(27,11-26-13-23-12-24-26)17-7-4-15(20)8-18(17)21;/h2-8,12-13,27H,9-11H2,1H3;1H/t19-;/m1./s1. The van der Waals surface area contributed by atoms with Crippen molar-refractivity contribution in [2.75, 3.05) is 13.6 Å². The number of benzene rings is 2. The predicted molar refractivity (Wildman–Crippen MR) is 116 cm³/mol. The van der Waals surface area contributed by atoms with Gasteiger partial charge in [0.15, 0.2) is 0 Å². The Kier molecular flexibility index (Phi) is 8.05. The lowest BCUT2D eigenvalue weighted by Gasteiger charge is -2.33. The summed E-state index contributed by atoms with van der Waals surface area (Å²) in [6, 6.07) is 11.2. The lowest BCUT2D eigenvalue weighted by atomic mass is 9.92. The largest absolute Gasteiger partial charge is 0.382 e. The first kappa shape index (κ1) is 22.9. The Bertz CT molecular complexity index is 895. The van der Waals surface area contributed by atoms with Gasteiger partial charge in [0.2, 0.25) is 0 Å². The third kappa shape index (κ3) is 5.79. The highest BCUT2D eigenvalue weighted by molar-refractivity contribution is 14.1. The van der Waals surface area contributed by atoms with Crippen LogP contribution >= 0.6 is 39.6 Å². The third-order valence-corrected chi connectivity index (χ3v) is 4.94. The molecule has 0 unspecified atom stereocenters. The van der Waals surface area contributed by atoms with Crippen molar-refractivity contribution in [2.24, 2.45) is 0 Å². The lowest BCUT2D eigenvalue weighted by Crippen LogP contribution is -2.43. The first-order valence-corrected chi connectivity index (χ1v) is 9.37. The molecule has 0 saturated carbocycles. The number of hydrogen-bond acceptors (Lipinski definition) is 4. The molecular formula is C19H20BrF2IN4O. The Morgan fingerprint density at radius 1 is 1.18 bits per heavy atom. The molecule has 0 aliphatic rings. The second-order valence-electron chi connectivity index (χ2n) is 6.55. The van der Waals surface area contributed by atoms with Gasteiger partial charge in [0.1, 0.15) is 29.9 Å². The minimum Gasteiger partial charge on any atom is -0.382 e. The molecule has 0 amide bonds. The van der Waals surface area contributed by atoms with Crippen molar-refractivity contribution in [3.8, 4) is 0 Å². The molecule has 0 fully saturated rings. The van der Waals surface area contributed by atoms with Gasteiger partial charge in [0.05, 0.1) is 6.54 Å². The van der Waals surface area contributed by atoms with E-state index < -0.39 is 17.2 Å². The van der Waals surface area contributed by atoms with E-state index in [4.69, 9.17) is 0 Å². The minimum atomic E-state index is -1.61. The van der Waals surface area contributed by atoms with E-state index in [1.165, 1.54) is 23.4 Å². The molecule has 1 heterocycles. The van der Waals surface area contributed by atoms with Gasteiger partial charge in [-0.3, -0.25) is 4.90 Å². The van der Waals surface area contributed by atoms with Crippen molar-refractivity contribution in [1.82, 2.24) is 19.7 Å². The summed E-state index contributed by atoms with van der Waals surface area (Å²) in [6.07, 6.45) is 2.79. The Morgan fingerprint density at radius 3 is 2.50 bits per heavy atom. The van der Waals surface area contributed by atoms with E-state index in [1.807, 2.05) is 36.2 Å². The summed E-state index contributed by atoms with van der Waals surface area (Å²) in [5, 5.41) is 15.3. The van der Waals surface area contributed by atoms with Gasteiger partial charge in [-0.25, -0.2) is 18.4 Å². The highest BCUT2D eigenvalue weighted by Gasteiger charge is 2.34. The van der Waals surface area contributed by atoms with Crippen molar-refractivity contribution >= 4 is 39.6 Å². The van der Waals surface area contributed by atoms with Crippen LogP contribution < -0.4 is 0 Å². The molecule has 1 aromatic heterocycles. The molecule has 0 aliphatic heterocycles. The zero-order chi connectivity index (χ0) is 19.4. The maximum atomic E-state index is 14.4. The molecule has 0 aliphatic carbocycles. The van der Waals surface area contributed by atoms with Gasteiger partial charge in [-0.15, -0.1) is 17.0 Å². The van der Waals surface area contributed by atoms with Gasteiger partial charge in [-0.1, -0.05) is 18.2 Å². The maximum Gasteiger partial charge on any atom is 0.137 e. The van der Waals surface area contributed by atoms with E-state index in [2.05, 4.69) is 32.7 Å². The Morgan fingerprint density at radius 2 is 1.89 bits per heavy atom. The van der Waals surface area contributed by atoms with Crippen LogP contribution in [-0.4, -0.2) is 38.4 Å². The smallest absolute Gasteiger partial charge is 0.137 e. The Hall–Kier alpha value is -1.43. The number of likely N-dealkylation sites (N-methyl/N-ethyl adjacent to an activating group) is 1. The highest BCUT2D eigenvalue weighted by Crippen LogP contribution is 2.28. The fourth-order valence-electron chi connectivity index (χ4n) is 3.07. The zero-order valence-electron chi connectivity index (χ0n) is 15.1. The Labute approximate surface area is 186 Å². The van der Waals surface area contributed by atoms with Crippen molar-refractivity contribution in [2.45, 2.75) is 18.7 Å². The summed E-state index contributed by atoms with van der Waals surface area (Å²) in [7, 11) is 1.84. The molecule has 2 aromatic carbocycles. The van der Waals surface area contributed by atoms with Gasteiger partial charge < -0.3 is 5.11 Å². The third-order valence-electron chi connectivity index (χ3n) is 4.22. The van der Waals surface area contributed by atoms with Gasteiger partial charge >= 0.3 is 0 Å². The molecule has 150 valence electrons. The fourth-order valence-corrected chi connectivity index (χ4v) is 3.43. The molecule has 9 heteroatoms. The molecule has 0 radical (unpaired) electrons. The van der Waals surface area contributed by atoms with Crippen LogP contribution in [0.1, 0.15) is 11.1 Å². The van der Waals surface area contributed by atoms with Gasteiger partial charge in [0.25, 0.3) is 0 Å². The summed E-state index contributed by atoms with van der Waals surface area (Å²) in [5.74, 6) is -1.48. The lowest BCUT2D eigenvalue weighted by molar-refractivity contribution is -0.0175. The maximum absolute atomic E-state index is 14.4. The number of rotatable bonds is 7. The molecule has 3 rings (SSSR count). The minimum absolute atomic E-state index is 0. The highest BCUT2D eigenvalue weighted by atomic mass is 127. The average molecular weight is 565 g/mol. The molecule has 0 bridgehead atoms. The van der Waals surface area contributed by atoms with E-state index in [1.54, 1.807) is 0 Å². The molecule has 0 spiro atoms. The molecule has 1 atom stereocenters. The van der Waals surface area contributed by atoms with E-state index in [9.17, 15) is 13.9 Å². The number of aliphatic hydroxyl groups is 1. The van der Waals surface area contributed by atoms with Crippen LogP contribution in [0.5, 0.6) is 0 Å². The average Bonchev–Trinajstić information content (AvgIpc) is 3.09. The topological polar surface area (TPSA) is 54.2 Å². The fraction of sp³-hybridized carbons (Fsp3) is 0.263. The summed E-state index contributed by atoms with van der Waals surface area (Å²) < 4.78 is 30.3. The summed E-state index contributed by atoms with van der Waals surface area (Å²) in [4.78, 5) is 5.76. The second kappa shape index (κ2) is 9.86. The monoisotopic (exact) mass is 564 g/mol. The van der Waals surface area contributed by atoms with Crippen LogP contribution in [0.25, 0.3) is 0 Å². The number of hydrogen-bond donors (Lipinski definition) is 1. The molecular weight excluding hydrogens is 545 g/mol. The van der Waals surface area contributed by atoms with Gasteiger partial charge in [0, 0.05) is 28.3 Å². The van der Waals surface area contributed by atoms with E-state index >= 15 is 0 Å². The molecule has 28 heavy (non-hydrogen) atoms. The first-order chi connectivity index (χ1) is 12.9. The second-order valence-corrected chi connectivity index (χ2v) is 7.79. The van der Waals surface area contributed by atoms with Crippen molar-refractivity contribution < 1.29 is 13.9 Å².